The van der Waals surface area contributed by atoms with E-state index < -0.39 is 0 Å². The van der Waals surface area contributed by atoms with E-state index in [2.05, 4.69) is 5.10 Å². The van der Waals surface area contributed by atoms with Crippen molar-refractivity contribution in [3.63, 3.8) is 0 Å². The molecule has 0 aliphatic carbocycles. The first-order chi connectivity index (χ1) is 10.1. The molecule has 3 heterocycles. The van der Waals surface area contributed by atoms with Crippen LogP contribution in [0.1, 0.15) is 34.8 Å². The molecule has 1 atom stereocenters. The molecule has 0 radical (unpaired) electrons. The molecule has 1 unspecified atom stereocenters. The normalized spacial score (nSPS) is 18.2. The maximum Gasteiger partial charge on any atom is 0.263 e. The number of amides is 1. The summed E-state index contributed by atoms with van der Waals surface area (Å²) in [6.07, 6.45) is 7.23. The number of aryl methyl sites for hydroxylation is 2. The summed E-state index contributed by atoms with van der Waals surface area (Å²) < 4.78 is 3.17. The fourth-order valence-corrected chi connectivity index (χ4v) is 2.88. The van der Waals surface area contributed by atoms with Crippen molar-refractivity contribution in [2.24, 2.45) is 14.1 Å². The minimum Gasteiger partial charge on any atom is -0.331 e. The van der Waals surface area contributed by atoms with Crippen molar-refractivity contribution in [2.75, 3.05) is 6.54 Å². The van der Waals surface area contributed by atoms with Crippen LogP contribution in [0.4, 0.5) is 0 Å². The first-order valence-corrected chi connectivity index (χ1v) is 7.03. The van der Waals surface area contributed by atoms with Crippen molar-refractivity contribution < 1.29 is 4.79 Å². The topological polar surface area (TPSA) is 60.1 Å². The SMILES string of the molecule is Cn1cc(C2CCCN2C(=O)c2cccn(C)c2=O)cn1. The number of nitrogens with zero attached hydrogens (tertiary/aromatic N) is 4. The summed E-state index contributed by atoms with van der Waals surface area (Å²) in [7, 11) is 3.51. The van der Waals surface area contributed by atoms with Crippen molar-refractivity contribution in [3.8, 4) is 0 Å². The highest BCUT2D eigenvalue weighted by molar-refractivity contribution is 5.94. The summed E-state index contributed by atoms with van der Waals surface area (Å²) in [5.74, 6) is -0.192. The van der Waals surface area contributed by atoms with Gasteiger partial charge in [-0.2, -0.15) is 5.10 Å². The van der Waals surface area contributed by atoms with Crippen LogP contribution in [-0.4, -0.2) is 31.7 Å². The highest BCUT2D eigenvalue weighted by atomic mass is 16.2. The van der Waals surface area contributed by atoms with E-state index in [1.165, 1.54) is 4.57 Å². The zero-order chi connectivity index (χ0) is 15.0. The van der Waals surface area contributed by atoms with Gasteiger partial charge in [-0.3, -0.25) is 14.3 Å². The second kappa shape index (κ2) is 5.20. The quantitative estimate of drug-likeness (QED) is 0.830. The Kier molecular flexibility index (Phi) is 3.37. The summed E-state index contributed by atoms with van der Waals surface area (Å²) >= 11 is 0. The van der Waals surface area contributed by atoms with E-state index in [1.807, 2.05) is 13.2 Å². The van der Waals surface area contributed by atoms with E-state index in [4.69, 9.17) is 0 Å². The molecule has 1 fully saturated rings. The standard InChI is InChI=1S/C15H18N4O2/c1-17-7-3-5-12(14(17)20)15(21)19-8-4-6-13(19)11-9-16-18(2)10-11/h3,5,7,9-10,13H,4,6,8H2,1-2H3. The van der Waals surface area contributed by atoms with Crippen LogP contribution in [0.3, 0.4) is 0 Å². The zero-order valence-corrected chi connectivity index (χ0v) is 12.2. The van der Waals surface area contributed by atoms with E-state index in [-0.39, 0.29) is 23.1 Å². The molecule has 21 heavy (non-hydrogen) atoms. The second-order valence-corrected chi connectivity index (χ2v) is 5.44. The molecule has 1 saturated heterocycles. The third-order valence-corrected chi connectivity index (χ3v) is 3.98. The lowest BCUT2D eigenvalue weighted by atomic mass is 10.1. The Balaban J connectivity index is 1.93. The Bertz CT molecular complexity index is 731. The summed E-state index contributed by atoms with van der Waals surface area (Å²) in [6, 6.07) is 3.34. The molecular weight excluding hydrogens is 268 g/mol. The van der Waals surface area contributed by atoms with Crippen molar-refractivity contribution in [3.05, 3.63) is 52.2 Å². The zero-order valence-electron chi connectivity index (χ0n) is 12.2. The van der Waals surface area contributed by atoms with E-state index in [0.29, 0.717) is 6.54 Å². The van der Waals surface area contributed by atoms with Crippen LogP contribution in [0.15, 0.2) is 35.5 Å². The molecule has 110 valence electrons. The first kappa shape index (κ1) is 13.6. The average Bonchev–Trinajstić information content (AvgIpc) is 3.09. The summed E-state index contributed by atoms with van der Waals surface area (Å²) in [4.78, 5) is 26.6. The lowest BCUT2D eigenvalue weighted by molar-refractivity contribution is 0.0733. The van der Waals surface area contributed by atoms with Crippen LogP contribution in [0.25, 0.3) is 0 Å². The number of hydrogen-bond acceptors (Lipinski definition) is 3. The van der Waals surface area contributed by atoms with Crippen LogP contribution in [0.5, 0.6) is 0 Å². The molecule has 0 N–H and O–H groups in total. The van der Waals surface area contributed by atoms with Crippen LogP contribution in [-0.2, 0) is 14.1 Å². The van der Waals surface area contributed by atoms with Crippen molar-refractivity contribution in [1.29, 1.82) is 0 Å². The van der Waals surface area contributed by atoms with E-state index in [9.17, 15) is 9.59 Å². The van der Waals surface area contributed by atoms with Gasteiger partial charge >= 0.3 is 0 Å². The second-order valence-electron chi connectivity index (χ2n) is 5.44. The summed E-state index contributed by atoms with van der Waals surface area (Å²) in [6.45, 7) is 0.677. The van der Waals surface area contributed by atoms with Gasteiger partial charge in [0.1, 0.15) is 5.56 Å². The Labute approximate surface area is 122 Å². The highest BCUT2D eigenvalue weighted by Gasteiger charge is 2.32. The number of pyridine rings is 1. The Morgan fingerprint density at radius 3 is 2.90 bits per heavy atom. The lowest BCUT2D eigenvalue weighted by Gasteiger charge is -2.23. The molecule has 1 aliphatic heterocycles. The lowest BCUT2D eigenvalue weighted by Crippen LogP contribution is -2.35. The Morgan fingerprint density at radius 2 is 2.19 bits per heavy atom. The molecule has 6 nitrogen and oxygen atoms in total. The van der Waals surface area contributed by atoms with Gasteiger partial charge in [-0.1, -0.05) is 0 Å². The van der Waals surface area contributed by atoms with Crippen LogP contribution >= 0.6 is 0 Å². The maximum atomic E-state index is 12.7. The van der Waals surface area contributed by atoms with Gasteiger partial charge in [-0.15, -0.1) is 0 Å². The predicted molar refractivity (Wildman–Crippen MR) is 77.9 cm³/mol. The van der Waals surface area contributed by atoms with Crippen LogP contribution in [0, 0.1) is 0 Å². The minimum atomic E-state index is -0.251. The fourth-order valence-electron chi connectivity index (χ4n) is 2.88. The molecule has 0 aromatic carbocycles. The monoisotopic (exact) mass is 286 g/mol. The Morgan fingerprint density at radius 1 is 1.38 bits per heavy atom. The van der Waals surface area contributed by atoms with Crippen LogP contribution in [0.2, 0.25) is 0 Å². The van der Waals surface area contributed by atoms with Gasteiger partial charge in [0.2, 0.25) is 0 Å². The van der Waals surface area contributed by atoms with E-state index in [0.717, 1.165) is 18.4 Å². The average molecular weight is 286 g/mol. The van der Waals surface area contributed by atoms with Gasteiger partial charge in [0.15, 0.2) is 0 Å². The fraction of sp³-hybridized carbons (Fsp3) is 0.400. The number of carbonyl (C=O) groups is 1. The minimum absolute atomic E-state index is 0.0103. The molecular formula is C15H18N4O2. The third kappa shape index (κ3) is 2.37. The molecule has 0 saturated carbocycles. The van der Waals surface area contributed by atoms with E-state index in [1.54, 1.807) is 41.2 Å². The smallest absolute Gasteiger partial charge is 0.263 e. The van der Waals surface area contributed by atoms with Gasteiger partial charge in [-0.25, -0.2) is 0 Å². The molecule has 1 aliphatic rings. The first-order valence-electron chi connectivity index (χ1n) is 7.03. The van der Waals surface area contributed by atoms with Crippen molar-refractivity contribution >= 4 is 5.91 Å². The molecule has 0 spiro atoms. The van der Waals surface area contributed by atoms with Gasteiger partial charge < -0.3 is 9.47 Å². The summed E-state index contributed by atoms with van der Waals surface area (Å²) in [5, 5.41) is 4.17. The van der Waals surface area contributed by atoms with Crippen molar-refractivity contribution in [1.82, 2.24) is 19.2 Å². The molecule has 2 aromatic heterocycles. The van der Waals surface area contributed by atoms with Gasteiger partial charge in [-0.05, 0) is 25.0 Å². The van der Waals surface area contributed by atoms with Gasteiger partial charge in [0, 0.05) is 38.6 Å². The highest BCUT2D eigenvalue weighted by Crippen LogP contribution is 2.32. The molecule has 2 aromatic rings. The van der Waals surface area contributed by atoms with E-state index >= 15 is 0 Å². The predicted octanol–water partition coefficient (Wildman–Crippen LogP) is 1.10. The van der Waals surface area contributed by atoms with Crippen molar-refractivity contribution in [2.45, 2.75) is 18.9 Å². The Hall–Kier alpha value is -2.37. The maximum absolute atomic E-state index is 12.7. The number of hydrogen-bond donors (Lipinski definition) is 0. The molecule has 1 amide bonds. The van der Waals surface area contributed by atoms with Gasteiger partial charge in [0.05, 0.1) is 12.2 Å². The number of likely N-dealkylation sites (tertiary alicyclic amines) is 1. The molecule has 0 bridgehead atoms. The molecule has 6 heteroatoms. The number of aromatic nitrogens is 3. The number of carbonyl (C=O) groups excluding carboxylic acids is 1. The summed E-state index contributed by atoms with van der Waals surface area (Å²) in [5.41, 5.74) is 1.01. The number of rotatable bonds is 2. The van der Waals surface area contributed by atoms with Crippen LogP contribution < -0.4 is 5.56 Å². The molecule has 3 rings (SSSR count). The third-order valence-electron chi connectivity index (χ3n) is 3.98. The largest absolute Gasteiger partial charge is 0.331 e. The van der Waals surface area contributed by atoms with Gasteiger partial charge in [0.25, 0.3) is 11.5 Å².